The molecule has 4 rings (SSSR count). The normalized spacial score (nSPS) is 10.4. The Hall–Kier alpha value is -4.19. The van der Waals surface area contributed by atoms with Crippen molar-refractivity contribution in [3.05, 3.63) is 108 Å². The van der Waals surface area contributed by atoms with Gasteiger partial charge in [-0.25, -0.2) is 4.98 Å². The van der Waals surface area contributed by atoms with E-state index in [1.165, 1.54) is 0 Å². The molecular weight excluding hydrogens is 376 g/mol. The number of carbonyl (C=O) groups excluding carboxylic acids is 2. The van der Waals surface area contributed by atoms with E-state index in [1.54, 1.807) is 42.9 Å². The minimum Gasteiger partial charge on any atom is -0.322 e. The van der Waals surface area contributed by atoms with E-state index < -0.39 is 0 Å². The molecule has 0 aliphatic rings. The van der Waals surface area contributed by atoms with E-state index in [2.05, 4.69) is 15.6 Å². The summed E-state index contributed by atoms with van der Waals surface area (Å²) in [6.45, 7) is 1.90. The molecule has 2 N–H and O–H groups in total. The Morgan fingerprint density at radius 1 is 0.833 bits per heavy atom. The molecule has 0 spiro atoms. The van der Waals surface area contributed by atoms with Crippen molar-refractivity contribution in [3.8, 4) is 5.69 Å². The standard InChI is InChI=1S/C24H20N4O2/c1-17-7-10-20(26-23(29)18-5-3-2-4-6-18)15-22(17)27-24(30)19-8-11-21(12-9-19)28-14-13-25-16-28/h2-16H,1H3,(H,26,29)(H,27,30). The Bertz CT molecular complexity index is 1170. The van der Waals surface area contributed by atoms with Gasteiger partial charge in [0.1, 0.15) is 0 Å². The minimum atomic E-state index is -0.221. The molecule has 0 aliphatic heterocycles. The molecule has 6 nitrogen and oxygen atoms in total. The molecule has 0 unspecified atom stereocenters. The van der Waals surface area contributed by atoms with Crippen LogP contribution in [0.4, 0.5) is 11.4 Å². The first-order valence-electron chi connectivity index (χ1n) is 9.47. The lowest BCUT2D eigenvalue weighted by Gasteiger charge is -2.12. The Kier molecular flexibility index (Phi) is 5.39. The zero-order valence-corrected chi connectivity index (χ0v) is 16.4. The molecule has 0 fully saturated rings. The number of imidazole rings is 1. The third-order valence-electron chi connectivity index (χ3n) is 4.71. The average molecular weight is 396 g/mol. The Morgan fingerprint density at radius 3 is 2.23 bits per heavy atom. The molecule has 0 saturated heterocycles. The largest absolute Gasteiger partial charge is 0.322 e. The molecule has 1 aromatic heterocycles. The molecule has 6 heteroatoms. The van der Waals surface area contributed by atoms with Crippen LogP contribution in [0.2, 0.25) is 0 Å². The summed E-state index contributed by atoms with van der Waals surface area (Å²) in [5.74, 6) is -0.423. The van der Waals surface area contributed by atoms with Crippen LogP contribution in [0, 0.1) is 6.92 Å². The number of nitrogens with zero attached hydrogens (tertiary/aromatic N) is 2. The third-order valence-corrected chi connectivity index (χ3v) is 4.71. The minimum absolute atomic E-state index is 0.202. The Balaban J connectivity index is 1.48. The zero-order chi connectivity index (χ0) is 20.9. The van der Waals surface area contributed by atoms with Crippen LogP contribution < -0.4 is 10.6 Å². The van der Waals surface area contributed by atoms with Crippen LogP contribution in [0.3, 0.4) is 0 Å². The van der Waals surface area contributed by atoms with Gasteiger partial charge in [-0.1, -0.05) is 24.3 Å². The maximum absolute atomic E-state index is 12.7. The highest BCUT2D eigenvalue weighted by Crippen LogP contribution is 2.22. The molecule has 0 radical (unpaired) electrons. The third kappa shape index (κ3) is 4.28. The Labute approximate surface area is 174 Å². The van der Waals surface area contributed by atoms with Crippen molar-refractivity contribution in [1.29, 1.82) is 0 Å². The lowest BCUT2D eigenvalue weighted by molar-refractivity contribution is 0.101. The second-order valence-corrected chi connectivity index (χ2v) is 6.82. The first-order chi connectivity index (χ1) is 14.6. The van der Waals surface area contributed by atoms with E-state index in [9.17, 15) is 9.59 Å². The van der Waals surface area contributed by atoms with Crippen molar-refractivity contribution in [1.82, 2.24) is 9.55 Å². The number of carbonyl (C=O) groups is 2. The van der Waals surface area contributed by atoms with Crippen LogP contribution in [0.5, 0.6) is 0 Å². The van der Waals surface area contributed by atoms with Crippen molar-refractivity contribution >= 4 is 23.2 Å². The molecule has 30 heavy (non-hydrogen) atoms. The van der Waals surface area contributed by atoms with Gasteiger partial charge in [0.15, 0.2) is 0 Å². The molecule has 148 valence electrons. The second-order valence-electron chi connectivity index (χ2n) is 6.82. The van der Waals surface area contributed by atoms with Gasteiger partial charge in [0, 0.05) is 40.6 Å². The van der Waals surface area contributed by atoms with Gasteiger partial charge in [-0.2, -0.15) is 0 Å². The average Bonchev–Trinajstić information content (AvgIpc) is 3.32. The fourth-order valence-electron chi connectivity index (χ4n) is 3.02. The molecule has 0 bridgehead atoms. The highest BCUT2D eigenvalue weighted by molar-refractivity contribution is 6.06. The molecule has 0 atom stereocenters. The van der Waals surface area contributed by atoms with Crippen LogP contribution in [0.25, 0.3) is 5.69 Å². The van der Waals surface area contributed by atoms with Gasteiger partial charge in [0.05, 0.1) is 6.33 Å². The maximum Gasteiger partial charge on any atom is 0.255 e. The smallest absolute Gasteiger partial charge is 0.255 e. The molecule has 3 aromatic carbocycles. The van der Waals surface area contributed by atoms with Crippen LogP contribution in [-0.4, -0.2) is 21.4 Å². The van der Waals surface area contributed by atoms with Gasteiger partial charge in [-0.05, 0) is 61.0 Å². The van der Waals surface area contributed by atoms with Gasteiger partial charge in [0.25, 0.3) is 11.8 Å². The number of aromatic nitrogens is 2. The fraction of sp³-hybridized carbons (Fsp3) is 0.0417. The molecule has 4 aromatic rings. The summed E-state index contributed by atoms with van der Waals surface area (Å²) in [4.78, 5) is 29.1. The predicted octanol–water partition coefficient (Wildman–Crippen LogP) is 4.69. The lowest BCUT2D eigenvalue weighted by Crippen LogP contribution is -2.14. The number of nitrogens with one attached hydrogen (secondary N) is 2. The summed E-state index contributed by atoms with van der Waals surface area (Å²) in [6.07, 6.45) is 5.24. The van der Waals surface area contributed by atoms with Crippen molar-refractivity contribution in [2.45, 2.75) is 6.92 Å². The number of aryl methyl sites for hydroxylation is 1. The van der Waals surface area contributed by atoms with Crippen molar-refractivity contribution in [3.63, 3.8) is 0 Å². The van der Waals surface area contributed by atoms with E-state index in [1.807, 2.05) is 60.2 Å². The van der Waals surface area contributed by atoms with Crippen molar-refractivity contribution in [2.24, 2.45) is 0 Å². The lowest BCUT2D eigenvalue weighted by atomic mass is 10.1. The Morgan fingerprint density at radius 2 is 1.53 bits per heavy atom. The highest BCUT2D eigenvalue weighted by Gasteiger charge is 2.11. The molecule has 0 saturated carbocycles. The van der Waals surface area contributed by atoms with Gasteiger partial charge in [-0.15, -0.1) is 0 Å². The molecule has 0 aliphatic carbocycles. The van der Waals surface area contributed by atoms with Crippen LogP contribution in [0.1, 0.15) is 26.3 Å². The summed E-state index contributed by atoms with van der Waals surface area (Å²) < 4.78 is 1.87. The van der Waals surface area contributed by atoms with E-state index >= 15 is 0 Å². The van der Waals surface area contributed by atoms with Gasteiger partial charge in [0.2, 0.25) is 0 Å². The van der Waals surface area contributed by atoms with Crippen molar-refractivity contribution < 1.29 is 9.59 Å². The van der Waals surface area contributed by atoms with E-state index in [0.29, 0.717) is 22.5 Å². The number of rotatable bonds is 5. The van der Waals surface area contributed by atoms with E-state index in [-0.39, 0.29) is 11.8 Å². The summed E-state index contributed by atoms with van der Waals surface area (Å²) in [7, 11) is 0. The molecular formula is C24H20N4O2. The van der Waals surface area contributed by atoms with Gasteiger partial charge >= 0.3 is 0 Å². The van der Waals surface area contributed by atoms with Crippen LogP contribution >= 0.6 is 0 Å². The first-order valence-corrected chi connectivity index (χ1v) is 9.47. The SMILES string of the molecule is Cc1ccc(NC(=O)c2ccccc2)cc1NC(=O)c1ccc(-n2ccnc2)cc1. The zero-order valence-electron chi connectivity index (χ0n) is 16.4. The quantitative estimate of drug-likeness (QED) is 0.514. The summed E-state index contributed by atoms with van der Waals surface area (Å²) in [5, 5.41) is 5.79. The first kappa shape index (κ1) is 19.1. The topological polar surface area (TPSA) is 76.0 Å². The number of anilines is 2. The number of amides is 2. The van der Waals surface area contributed by atoms with Gasteiger partial charge < -0.3 is 15.2 Å². The van der Waals surface area contributed by atoms with E-state index in [4.69, 9.17) is 0 Å². The second kappa shape index (κ2) is 8.45. The predicted molar refractivity (Wildman–Crippen MR) is 117 cm³/mol. The van der Waals surface area contributed by atoms with E-state index in [0.717, 1.165) is 11.3 Å². The number of hydrogen-bond donors (Lipinski definition) is 2. The van der Waals surface area contributed by atoms with Crippen LogP contribution in [-0.2, 0) is 0 Å². The molecule has 2 amide bonds. The highest BCUT2D eigenvalue weighted by atomic mass is 16.2. The van der Waals surface area contributed by atoms with Gasteiger partial charge in [-0.3, -0.25) is 9.59 Å². The maximum atomic E-state index is 12.7. The fourth-order valence-corrected chi connectivity index (χ4v) is 3.02. The summed E-state index contributed by atoms with van der Waals surface area (Å²) in [5.41, 5.74) is 4.19. The summed E-state index contributed by atoms with van der Waals surface area (Å²) >= 11 is 0. The number of benzene rings is 3. The monoisotopic (exact) mass is 396 g/mol. The number of hydrogen-bond acceptors (Lipinski definition) is 3. The van der Waals surface area contributed by atoms with Crippen molar-refractivity contribution in [2.75, 3.05) is 10.6 Å². The van der Waals surface area contributed by atoms with Crippen LogP contribution in [0.15, 0.2) is 91.5 Å². The molecule has 1 heterocycles. The summed E-state index contributed by atoms with van der Waals surface area (Å²) in [6, 6.07) is 21.7.